The van der Waals surface area contributed by atoms with Gasteiger partial charge in [0.15, 0.2) is 12.4 Å². The van der Waals surface area contributed by atoms with Gasteiger partial charge in [0, 0.05) is 12.1 Å². The summed E-state index contributed by atoms with van der Waals surface area (Å²) in [5, 5.41) is 2.69. The Morgan fingerprint density at radius 3 is 2.57 bits per heavy atom. The summed E-state index contributed by atoms with van der Waals surface area (Å²) in [5.74, 6) is -1.52. The minimum atomic E-state index is -0.794. The molecule has 152 valence electrons. The van der Waals surface area contributed by atoms with Gasteiger partial charge in [-0.25, -0.2) is 0 Å². The molecule has 0 aromatic heterocycles. The van der Waals surface area contributed by atoms with Crippen molar-refractivity contribution in [3.05, 3.63) is 71.8 Å². The molecule has 1 saturated carbocycles. The highest BCUT2D eigenvalue weighted by molar-refractivity contribution is 6.24. The average Bonchev–Trinajstić information content (AvgIpc) is 2.98. The largest absolute Gasteiger partial charge is 0.483 e. The second kappa shape index (κ2) is 7.94. The van der Waals surface area contributed by atoms with Gasteiger partial charge in [0.1, 0.15) is 5.75 Å². The van der Waals surface area contributed by atoms with Crippen molar-refractivity contribution >= 4 is 29.2 Å². The number of benzene rings is 2. The fraction of sp³-hybridized carbons (Fsp3) is 0.217. The molecular weight excluding hydrogens is 384 g/mol. The van der Waals surface area contributed by atoms with Gasteiger partial charge < -0.3 is 10.1 Å². The summed E-state index contributed by atoms with van der Waals surface area (Å²) >= 11 is 0. The number of para-hydroxylation sites is 1. The van der Waals surface area contributed by atoms with Gasteiger partial charge in [0.05, 0.1) is 17.2 Å². The zero-order valence-electron chi connectivity index (χ0n) is 16.2. The Labute approximate surface area is 173 Å². The topological polar surface area (TPSA) is 92.8 Å². The highest BCUT2D eigenvalue weighted by Gasteiger charge is 2.45. The van der Waals surface area contributed by atoms with Gasteiger partial charge in [0.2, 0.25) is 0 Å². The van der Waals surface area contributed by atoms with E-state index in [1.54, 1.807) is 30.3 Å². The van der Waals surface area contributed by atoms with Crippen LogP contribution in [0.15, 0.2) is 60.7 Å². The molecule has 3 amide bonds. The first-order valence-electron chi connectivity index (χ1n) is 9.63. The maximum Gasteiger partial charge on any atom is 0.266 e. The minimum Gasteiger partial charge on any atom is -0.483 e. The fourth-order valence-corrected chi connectivity index (χ4v) is 3.77. The number of carbonyl (C=O) groups is 4. The normalized spacial score (nSPS) is 18.4. The van der Waals surface area contributed by atoms with Crippen molar-refractivity contribution in [2.24, 2.45) is 0 Å². The van der Waals surface area contributed by atoms with E-state index in [1.807, 2.05) is 6.07 Å². The van der Waals surface area contributed by atoms with Crippen molar-refractivity contribution in [2.45, 2.75) is 25.3 Å². The SMILES string of the molecule is C=C1CCC(N2C(=O)c3cccc(OCC(=O)Nc4ccccc4)c3C2=O)C(=O)C1. The maximum absolute atomic E-state index is 13.0. The number of fused-ring (bicyclic) bond motifs is 1. The molecule has 2 aliphatic rings. The number of imide groups is 1. The lowest BCUT2D eigenvalue weighted by Gasteiger charge is -2.29. The molecule has 1 aliphatic carbocycles. The molecule has 0 radical (unpaired) electrons. The van der Waals surface area contributed by atoms with Gasteiger partial charge >= 0.3 is 0 Å². The summed E-state index contributed by atoms with van der Waals surface area (Å²) in [6, 6.07) is 12.8. The third-order valence-corrected chi connectivity index (χ3v) is 5.20. The molecule has 30 heavy (non-hydrogen) atoms. The van der Waals surface area contributed by atoms with E-state index in [1.165, 1.54) is 12.1 Å². The summed E-state index contributed by atoms with van der Waals surface area (Å²) in [6.45, 7) is 3.50. The molecule has 1 heterocycles. The molecule has 2 aromatic rings. The molecule has 7 nitrogen and oxygen atoms in total. The maximum atomic E-state index is 13.0. The molecule has 7 heteroatoms. The smallest absolute Gasteiger partial charge is 0.266 e. The third kappa shape index (κ3) is 3.61. The van der Waals surface area contributed by atoms with E-state index >= 15 is 0 Å². The number of hydrogen-bond donors (Lipinski definition) is 1. The van der Waals surface area contributed by atoms with E-state index in [0.717, 1.165) is 10.5 Å². The molecule has 2 aromatic carbocycles. The van der Waals surface area contributed by atoms with Crippen LogP contribution in [0.4, 0.5) is 5.69 Å². The Morgan fingerprint density at radius 2 is 1.83 bits per heavy atom. The van der Waals surface area contributed by atoms with Gasteiger partial charge in [-0.15, -0.1) is 0 Å². The summed E-state index contributed by atoms with van der Waals surface area (Å²) < 4.78 is 5.57. The highest BCUT2D eigenvalue weighted by Crippen LogP contribution is 2.35. The number of amides is 3. The van der Waals surface area contributed by atoms with Crippen LogP contribution in [-0.4, -0.2) is 41.1 Å². The molecule has 4 rings (SSSR count). The van der Waals surface area contributed by atoms with E-state index in [9.17, 15) is 19.2 Å². The number of ketones is 1. The summed E-state index contributed by atoms with van der Waals surface area (Å²) in [6.07, 6.45) is 1.13. The molecule has 0 spiro atoms. The van der Waals surface area contributed by atoms with E-state index in [-0.39, 0.29) is 35.7 Å². The van der Waals surface area contributed by atoms with Crippen molar-refractivity contribution in [1.29, 1.82) is 0 Å². The van der Waals surface area contributed by atoms with Crippen molar-refractivity contribution in [3.63, 3.8) is 0 Å². The number of nitrogens with zero attached hydrogens (tertiary/aromatic N) is 1. The van der Waals surface area contributed by atoms with Crippen LogP contribution in [0.5, 0.6) is 5.75 Å². The van der Waals surface area contributed by atoms with E-state index in [0.29, 0.717) is 18.5 Å². The van der Waals surface area contributed by atoms with E-state index in [2.05, 4.69) is 11.9 Å². The standard InChI is InChI=1S/C23H20N2O5/c1-14-10-11-17(18(26)12-14)25-22(28)16-8-5-9-19(21(16)23(25)29)30-13-20(27)24-15-6-3-2-4-7-15/h2-9,17H,1,10-13H2,(H,24,27). The molecule has 1 aliphatic heterocycles. The van der Waals surface area contributed by atoms with Crippen LogP contribution in [-0.2, 0) is 9.59 Å². The summed E-state index contributed by atoms with van der Waals surface area (Å²) in [4.78, 5) is 51.5. The van der Waals surface area contributed by atoms with Crippen LogP contribution >= 0.6 is 0 Å². The van der Waals surface area contributed by atoms with Gasteiger partial charge in [-0.2, -0.15) is 0 Å². The van der Waals surface area contributed by atoms with Crippen molar-refractivity contribution < 1.29 is 23.9 Å². The number of nitrogens with one attached hydrogen (secondary N) is 1. The number of Topliss-reactive ketones (excluding diaryl/α,β-unsaturated/α-hetero) is 1. The lowest BCUT2D eigenvalue weighted by Crippen LogP contribution is -2.46. The number of hydrogen-bond acceptors (Lipinski definition) is 5. The second-order valence-electron chi connectivity index (χ2n) is 7.31. The Kier molecular flexibility index (Phi) is 5.18. The van der Waals surface area contributed by atoms with Crippen LogP contribution in [0.2, 0.25) is 0 Å². The first-order chi connectivity index (χ1) is 14.5. The van der Waals surface area contributed by atoms with Crippen LogP contribution in [0.1, 0.15) is 40.0 Å². The van der Waals surface area contributed by atoms with Crippen LogP contribution in [0.25, 0.3) is 0 Å². The molecule has 1 N–H and O–H groups in total. The zero-order chi connectivity index (χ0) is 21.3. The first kappa shape index (κ1) is 19.6. The van der Waals surface area contributed by atoms with Gasteiger partial charge in [-0.05, 0) is 37.1 Å². The Hall–Kier alpha value is -3.74. The summed E-state index contributed by atoms with van der Waals surface area (Å²) in [5.41, 5.74) is 1.70. The Morgan fingerprint density at radius 1 is 1.07 bits per heavy atom. The van der Waals surface area contributed by atoms with Gasteiger partial charge in [0.25, 0.3) is 17.7 Å². The van der Waals surface area contributed by atoms with Crippen LogP contribution in [0, 0.1) is 0 Å². The quantitative estimate of drug-likeness (QED) is 0.611. The fourth-order valence-electron chi connectivity index (χ4n) is 3.77. The van der Waals surface area contributed by atoms with Crippen LogP contribution < -0.4 is 10.1 Å². The average molecular weight is 404 g/mol. The number of rotatable bonds is 5. The molecule has 0 saturated heterocycles. The second-order valence-corrected chi connectivity index (χ2v) is 7.31. The van der Waals surface area contributed by atoms with Crippen LogP contribution in [0.3, 0.4) is 0 Å². The predicted molar refractivity (Wildman–Crippen MR) is 109 cm³/mol. The van der Waals surface area contributed by atoms with E-state index < -0.39 is 23.8 Å². The Balaban J connectivity index is 1.51. The van der Waals surface area contributed by atoms with E-state index in [4.69, 9.17) is 4.74 Å². The number of allylic oxidation sites excluding steroid dienone is 1. The molecule has 1 unspecified atom stereocenters. The van der Waals surface area contributed by atoms with Gasteiger partial charge in [-0.1, -0.05) is 36.4 Å². The highest BCUT2D eigenvalue weighted by atomic mass is 16.5. The molecule has 1 fully saturated rings. The lowest BCUT2D eigenvalue weighted by molar-refractivity contribution is -0.123. The molecule has 0 bridgehead atoms. The number of anilines is 1. The number of ether oxygens (including phenoxy) is 1. The monoisotopic (exact) mass is 404 g/mol. The molecular formula is C23H20N2O5. The molecule has 1 atom stereocenters. The first-order valence-corrected chi connectivity index (χ1v) is 9.63. The van der Waals surface area contributed by atoms with Gasteiger partial charge in [-0.3, -0.25) is 24.1 Å². The van der Waals surface area contributed by atoms with Crippen molar-refractivity contribution in [3.8, 4) is 5.75 Å². The van der Waals surface area contributed by atoms with Crippen molar-refractivity contribution in [2.75, 3.05) is 11.9 Å². The number of carbonyl (C=O) groups excluding carboxylic acids is 4. The Bertz CT molecular complexity index is 1060. The lowest BCUT2D eigenvalue weighted by atomic mass is 9.89. The predicted octanol–water partition coefficient (Wildman–Crippen LogP) is 2.98. The minimum absolute atomic E-state index is 0.0900. The summed E-state index contributed by atoms with van der Waals surface area (Å²) in [7, 11) is 0. The zero-order valence-corrected chi connectivity index (χ0v) is 16.2. The third-order valence-electron chi connectivity index (χ3n) is 5.20. The van der Waals surface area contributed by atoms with Crippen molar-refractivity contribution in [1.82, 2.24) is 4.90 Å².